The van der Waals surface area contributed by atoms with Crippen molar-refractivity contribution < 1.29 is 19.9 Å². The second-order valence-electron chi connectivity index (χ2n) is 6.30. The summed E-state index contributed by atoms with van der Waals surface area (Å²) < 4.78 is 5.56. The van der Waals surface area contributed by atoms with Crippen molar-refractivity contribution in [3.63, 3.8) is 0 Å². The first-order chi connectivity index (χ1) is 9.62. The van der Waals surface area contributed by atoms with E-state index in [-0.39, 0.29) is 11.2 Å². The monoisotopic (exact) mass is 288 g/mol. The summed E-state index contributed by atoms with van der Waals surface area (Å²) in [6.45, 7) is 6.60. The summed E-state index contributed by atoms with van der Waals surface area (Å²) in [7, 11) is -1.32. The lowest BCUT2D eigenvalue weighted by atomic mass is 9.75. The molecule has 112 valence electrons. The molecule has 0 amide bonds. The topological polar surface area (TPSA) is 69.9 Å². The van der Waals surface area contributed by atoms with Crippen molar-refractivity contribution in [2.24, 2.45) is 0 Å². The SMILES string of the molecule is CC(C)(O)C(C)(C)OB(O)c1cc2ccccc2cc1O. The normalized spacial score (nSPS) is 12.7. The smallest absolute Gasteiger partial charge is 0.495 e. The average molecular weight is 288 g/mol. The fourth-order valence-electron chi connectivity index (χ4n) is 1.93. The van der Waals surface area contributed by atoms with Gasteiger partial charge in [0, 0.05) is 5.46 Å². The predicted molar refractivity (Wildman–Crippen MR) is 84.7 cm³/mol. The molecule has 0 aliphatic rings. The fourth-order valence-corrected chi connectivity index (χ4v) is 1.93. The van der Waals surface area contributed by atoms with Crippen LogP contribution in [0.2, 0.25) is 0 Å². The van der Waals surface area contributed by atoms with Crippen LogP contribution in [0, 0.1) is 0 Å². The number of phenolic OH excluding ortho intramolecular Hbond substituents is 1. The van der Waals surface area contributed by atoms with Crippen LogP contribution in [0.3, 0.4) is 0 Å². The number of aromatic hydroxyl groups is 1. The molecule has 3 N–H and O–H groups in total. The van der Waals surface area contributed by atoms with Crippen LogP contribution in [0.15, 0.2) is 36.4 Å². The maximum Gasteiger partial charge on any atom is 0.495 e. The Morgan fingerprint density at radius 1 is 1.00 bits per heavy atom. The van der Waals surface area contributed by atoms with E-state index in [0.29, 0.717) is 0 Å². The van der Waals surface area contributed by atoms with E-state index in [1.807, 2.05) is 24.3 Å². The second kappa shape index (κ2) is 5.33. The van der Waals surface area contributed by atoms with E-state index in [0.717, 1.165) is 10.8 Å². The number of benzene rings is 2. The molecule has 0 aliphatic carbocycles. The Bertz CT molecular complexity index is 646. The zero-order valence-electron chi connectivity index (χ0n) is 12.8. The van der Waals surface area contributed by atoms with E-state index >= 15 is 0 Å². The van der Waals surface area contributed by atoms with E-state index in [1.54, 1.807) is 39.8 Å². The fraction of sp³-hybridized carbons (Fsp3) is 0.375. The van der Waals surface area contributed by atoms with Gasteiger partial charge in [-0.3, -0.25) is 0 Å². The molecule has 0 aliphatic heterocycles. The Labute approximate surface area is 125 Å². The Morgan fingerprint density at radius 2 is 1.52 bits per heavy atom. The van der Waals surface area contributed by atoms with Crippen molar-refractivity contribution >= 4 is 23.4 Å². The number of hydrogen-bond acceptors (Lipinski definition) is 4. The zero-order valence-corrected chi connectivity index (χ0v) is 12.8. The first-order valence-electron chi connectivity index (χ1n) is 6.92. The quantitative estimate of drug-likeness (QED) is 0.750. The van der Waals surface area contributed by atoms with E-state index < -0.39 is 18.3 Å². The van der Waals surface area contributed by atoms with E-state index in [1.165, 1.54) is 0 Å². The summed E-state index contributed by atoms with van der Waals surface area (Å²) in [4.78, 5) is 0. The molecule has 0 heterocycles. The highest BCUT2D eigenvalue weighted by molar-refractivity contribution is 6.61. The largest absolute Gasteiger partial charge is 0.508 e. The van der Waals surface area contributed by atoms with Crippen molar-refractivity contribution in [2.45, 2.75) is 38.9 Å². The highest BCUT2D eigenvalue weighted by atomic mass is 16.5. The lowest BCUT2D eigenvalue weighted by molar-refractivity contribution is -0.0983. The Hall–Kier alpha value is -1.56. The van der Waals surface area contributed by atoms with Crippen LogP contribution < -0.4 is 5.46 Å². The number of hydrogen-bond donors (Lipinski definition) is 3. The average Bonchev–Trinajstić information content (AvgIpc) is 2.35. The van der Waals surface area contributed by atoms with Crippen LogP contribution >= 0.6 is 0 Å². The van der Waals surface area contributed by atoms with Crippen molar-refractivity contribution in [2.75, 3.05) is 0 Å². The molecule has 0 radical (unpaired) electrons. The van der Waals surface area contributed by atoms with Gasteiger partial charge in [-0.1, -0.05) is 30.3 Å². The molecule has 5 heteroatoms. The number of phenols is 1. The summed E-state index contributed by atoms with van der Waals surface area (Å²) >= 11 is 0. The molecule has 0 fully saturated rings. The van der Waals surface area contributed by atoms with Crippen LogP contribution in [-0.2, 0) is 4.65 Å². The number of rotatable bonds is 4. The minimum absolute atomic E-state index is 0.0345. The molecule has 2 aromatic carbocycles. The summed E-state index contributed by atoms with van der Waals surface area (Å²) in [5, 5.41) is 32.2. The molecule has 0 atom stereocenters. The van der Waals surface area contributed by atoms with Crippen molar-refractivity contribution in [3.8, 4) is 5.75 Å². The van der Waals surface area contributed by atoms with E-state index in [4.69, 9.17) is 4.65 Å². The van der Waals surface area contributed by atoms with Gasteiger partial charge in [0.25, 0.3) is 0 Å². The van der Waals surface area contributed by atoms with Gasteiger partial charge >= 0.3 is 7.12 Å². The molecule has 0 saturated heterocycles. The second-order valence-corrected chi connectivity index (χ2v) is 6.30. The van der Waals surface area contributed by atoms with Gasteiger partial charge in [-0.25, -0.2) is 0 Å². The summed E-state index contributed by atoms with van der Waals surface area (Å²) in [6.07, 6.45) is 0. The Kier molecular flexibility index (Phi) is 4.02. The van der Waals surface area contributed by atoms with Gasteiger partial charge in [-0.05, 0) is 44.5 Å². The van der Waals surface area contributed by atoms with Gasteiger partial charge < -0.3 is 19.9 Å². The van der Waals surface area contributed by atoms with E-state index in [9.17, 15) is 15.2 Å². The summed E-state index contributed by atoms with van der Waals surface area (Å²) in [5.74, 6) is -0.0345. The van der Waals surface area contributed by atoms with Crippen molar-refractivity contribution in [1.29, 1.82) is 0 Å². The van der Waals surface area contributed by atoms with E-state index in [2.05, 4.69) is 0 Å². The van der Waals surface area contributed by atoms with Crippen molar-refractivity contribution in [3.05, 3.63) is 36.4 Å². The standard InChI is InChI=1S/C16H21BO4/c1-15(2,19)16(3,4)21-17(20)13-9-11-7-5-6-8-12(11)10-14(13)18/h5-10,18-20H,1-4H3. The molecule has 0 saturated carbocycles. The lowest BCUT2D eigenvalue weighted by Crippen LogP contribution is -2.53. The molecule has 0 unspecified atom stereocenters. The van der Waals surface area contributed by atoms with Crippen LogP contribution in [0.5, 0.6) is 5.75 Å². The molecular formula is C16H21BO4. The number of fused-ring (bicyclic) bond motifs is 1. The molecule has 21 heavy (non-hydrogen) atoms. The molecule has 2 aromatic rings. The Balaban J connectivity index is 2.35. The highest BCUT2D eigenvalue weighted by Gasteiger charge is 2.40. The highest BCUT2D eigenvalue weighted by Crippen LogP contribution is 2.26. The molecule has 2 rings (SSSR count). The zero-order chi connectivity index (χ0) is 15.8. The third-order valence-electron chi connectivity index (χ3n) is 4.04. The minimum atomic E-state index is -1.32. The van der Waals surface area contributed by atoms with Crippen LogP contribution in [0.4, 0.5) is 0 Å². The molecule has 0 aromatic heterocycles. The third-order valence-corrected chi connectivity index (χ3v) is 4.04. The molecule has 0 bridgehead atoms. The molecule has 0 spiro atoms. The van der Waals surface area contributed by atoms with Gasteiger partial charge in [0.05, 0.1) is 11.2 Å². The van der Waals surface area contributed by atoms with Gasteiger partial charge in [0.2, 0.25) is 0 Å². The lowest BCUT2D eigenvalue weighted by Gasteiger charge is -2.38. The van der Waals surface area contributed by atoms with Crippen LogP contribution in [0.1, 0.15) is 27.7 Å². The first-order valence-corrected chi connectivity index (χ1v) is 6.92. The Morgan fingerprint density at radius 3 is 2.05 bits per heavy atom. The molecular weight excluding hydrogens is 267 g/mol. The van der Waals surface area contributed by atoms with Crippen molar-refractivity contribution in [1.82, 2.24) is 0 Å². The van der Waals surface area contributed by atoms with Gasteiger partial charge in [-0.2, -0.15) is 0 Å². The van der Waals surface area contributed by atoms with Gasteiger partial charge in [-0.15, -0.1) is 0 Å². The minimum Gasteiger partial charge on any atom is -0.508 e. The maximum atomic E-state index is 10.3. The summed E-state index contributed by atoms with van der Waals surface area (Å²) in [5.41, 5.74) is -1.84. The van der Waals surface area contributed by atoms with Crippen LogP contribution in [-0.4, -0.2) is 33.6 Å². The maximum absolute atomic E-state index is 10.3. The van der Waals surface area contributed by atoms with Gasteiger partial charge in [0.15, 0.2) is 0 Å². The predicted octanol–water partition coefficient (Wildman–Crippen LogP) is 1.80. The molecule has 4 nitrogen and oxygen atoms in total. The van der Waals surface area contributed by atoms with Crippen LogP contribution in [0.25, 0.3) is 10.8 Å². The summed E-state index contributed by atoms with van der Waals surface area (Å²) in [6, 6.07) is 10.8. The number of aliphatic hydroxyl groups is 1. The van der Waals surface area contributed by atoms with Gasteiger partial charge in [0.1, 0.15) is 5.75 Å². The first kappa shape index (κ1) is 15.8. The third kappa shape index (κ3) is 3.21.